The molecule has 0 spiro atoms. The van der Waals surface area contributed by atoms with Crippen molar-refractivity contribution < 1.29 is 19.7 Å². The second kappa shape index (κ2) is 6.25. The van der Waals surface area contributed by atoms with E-state index in [4.69, 9.17) is 14.9 Å². The van der Waals surface area contributed by atoms with Crippen molar-refractivity contribution in [3.05, 3.63) is 35.4 Å². The van der Waals surface area contributed by atoms with Crippen molar-refractivity contribution in [1.29, 1.82) is 0 Å². The third-order valence-electron chi connectivity index (χ3n) is 2.16. The molecule has 0 atom stereocenters. The highest BCUT2D eigenvalue weighted by Gasteiger charge is 2.06. The van der Waals surface area contributed by atoms with Crippen LogP contribution in [0.1, 0.15) is 29.3 Å². The van der Waals surface area contributed by atoms with Crippen LogP contribution in [0.4, 0.5) is 0 Å². The van der Waals surface area contributed by atoms with Crippen molar-refractivity contribution >= 4 is 5.97 Å². The van der Waals surface area contributed by atoms with Crippen LogP contribution in [0, 0.1) is 0 Å². The summed E-state index contributed by atoms with van der Waals surface area (Å²) in [5.41, 5.74) is 1.47. The average molecular weight is 224 g/mol. The van der Waals surface area contributed by atoms with Crippen molar-refractivity contribution in [2.75, 3.05) is 6.61 Å². The lowest BCUT2D eigenvalue weighted by molar-refractivity contribution is -0.0447. The molecule has 0 aliphatic rings. The molecule has 4 nitrogen and oxygen atoms in total. The van der Waals surface area contributed by atoms with E-state index in [1.165, 1.54) is 0 Å². The Bertz CT molecular complexity index is 329. The predicted octanol–water partition coefficient (Wildman–Crippen LogP) is 1.11. The molecule has 0 radical (unpaired) electrons. The summed E-state index contributed by atoms with van der Waals surface area (Å²) in [6.45, 7) is 2.12. The zero-order valence-corrected chi connectivity index (χ0v) is 9.22. The lowest BCUT2D eigenvalue weighted by atomic mass is 10.1. The molecule has 0 unspecified atom stereocenters. The standard InChI is InChI=1S/C12H16O4/c1-2-16-12(15)10-6-3-9(4-7-10)5-8-11(13)14/h3-4,6-7,11,13-14H,2,5,8H2,1H3. The number of hydrogen-bond donors (Lipinski definition) is 2. The first-order valence-electron chi connectivity index (χ1n) is 5.25. The molecule has 0 aliphatic heterocycles. The topological polar surface area (TPSA) is 66.8 Å². The molecule has 1 aromatic carbocycles. The summed E-state index contributed by atoms with van der Waals surface area (Å²) in [7, 11) is 0. The molecular formula is C12H16O4. The molecule has 0 aromatic heterocycles. The fraction of sp³-hybridized carbons (Fsp3) is 0.417. The van der Waals surface area contributed by atoms with Crippen LogP contribution in [0.2, 0.25) is 0 Å². The van der Waals surface area contributed by atoms with Gasteiger partial charge in [-0.2, -0.15) is 0 Å². The lowest BCUT2D eigenvalue weighted by Gasteiger charge is -2.05. The molecule has 88 valence electrons. The maximum atomic E-state index is 11.3. The molecule has 4 heteroatoms. The number of aryl methyl sites for hydroxylation is 1. The van der Waals surface area contributed by atoms with Crippen molar-refractivity contribution in [1.82, 2.24) is 0 Å². The highest BCUT2D eigenvalue weighted by Crippen LogP contribution is 2.08. The minimum Gasteiger partial charge on any atom is -0.462 e. The maximum Gasteiger partial charge on any atom is 0.338 e. The summed E-state index contributed by atoms with van der Waals surface area (Å²) < 4.78 is 4.85. The molecule has 0 fully saturated rings. The van der Waals surface area contributed by atoms with Gasteiger partial charge in [-0.15, -0.1) is 0 Å². The van der Waals surface area contributed by atoms with Crippen LogP contribution < -0.4 is 0 Å². The summed E-state index contributed by atoms with van der Waals surface area (Å²) in [6.07, 6.45) is -0.427. The molecule has 0 amide bonds. The highest BCUT2D eigenvalue weighted by atomic mass is 16.5. The number of esters is 1. The van der Waals surface area contributed by atoms with E-state index in [0.29, 0.717) is 25.0 Å². The van der Waals surface area contributed by atoms with Crippen LogP contribution in [0.15, 0.2) is 24.3 Å². The van der Waals surface area contributed by atoms with E-state index in [2.05, 4.69) is 0 Å². The maximum absolute atomic E-state index is 11.3. The monoisotopic (exact) mass is 224 g/mol. The van der Waals surface area contributed by atoms with Crippen molar-refractivity contribution in [2.45, 2.75) is 26.1 Å². The van der Waals surface area contributed by atoms with Gasteiger partial charge in [0.05, 0.1) is 12.2 Å². The number of ether oxygens (including phenoxy) is 1. The number of hydrogen-bond acceptors (Lipinski definition) is 4. The Hall–Kier alpha value is -1.39. The Morgan fingerprint density at radius 3 is 2.44 bits per heavy atom. The number of aliphatic hydroxyl groups excluding tert-OH is 1. The van der Waals surface area contributed by atoms with E-state index in [-0.39, 0.29) is 5.97 Å². The number of aliphatic hydroxyl groups is 2. The Kier molecular flexibility index (Phi) is 4.95. The third-order valence-corrected chi connectivity index (χ3v) is 2.16. The second-order valence-electron chi connectivity index (χ2n) is 3.44. The fourth-order valence-electron chi connectivity index (χ4n) is 1.32. The van der Waals surface area contributed by atoms with Crippen LogP contribution in [0.25, 0.3) is 0 Å². The summed E-state index contributed by atoms with van der Waals surface area (Å²) in [5.74, 6) is -0.337. The molecule has 1 rings (SSSR count). The van der Waals surface area contributed by atoms with Gasteiger partial charge in [0.15, 0.2) is 6.29 Å². The van der Waals surface area contributed by atoms with Gasteiger partial charge in [-0.3, -0.25) is 0 Å². The minimum atomic E-state index is -1.29. The van der Waals surface area contributed by atoms with E-state index >= 15 is 0 Å². The summed E-state index contributed by atoms with van der Waals surface area (Å²) in [5, 5.41) is 17.4. The van der Waals surface area contributed by atoms with Gasteiger partial charge < -0.3 is 14.9 Å². The quantitative estimate of drug-likeness (QED) is 0.580. The van der Waals surface area contributed by atoms with Crippen LogP contribution in [0.5, 0.6) is 0 Å². The summed E-state index contributed by atoms with van der Waals surface area (Å²) in [4.78, 5) is 11.3. The fourth-order valence-corrected chi connectivity index (χ4v) is 1.32. The van der Waals surface area contributed by atoms with E-state index < -0.39 is 6.29 Å². The summed E-state index contributed by atoms with van der Waals surface area (Å²) in [6, 6.07) is 6.93. The van der Waals surface area contributed by atoms with Gasteiger partial charge in [0, 0.05) is 6.42 Å². The number of rotatable bonds is 5. The summed E-state index contributed by atoms with van der Waals surface area (Å²) >= 11 is 0. The number of benzene rings is 1. The normalized spacial score (nSPS) is 10.5. The molecule has 1 aromatic rings. The van der Waals surface area contributed by atoms with Gasteiger partial charge in [0.2, 0.25) is 0 Å². The smallest absolute Gasteiger partial charge is 0.338 e. The predicted molar refractivity (Wildman–Crippen MR) is 58.9 cm³/mol. The molecule has 0 saturated carbocycles. The van der Waals surface area contributed by atoms with Gasteiger partial charge in [-0.05, 0) is 31.0 Å². The largest absolute Gasteiger partial charge is 0.462 e. The van der Waals surface area contributed by atoms with Crippen LogP contribution in [-0.4, -0.2) is 29.1 Å². The molecule has 16 heavy (non-hydrogen) atoms. The van der Waals surface area contributed by atoms with E-state index in [0.717, 1.165) is 5.56 Å². The first kappa shape index (κ1) is 12.7. The second-order valence-corrected chi connectivity index (χ2v) is 3.44. The molecule has 0 aliphatic carbocycles. The SMILES string of the molecule is CCOC(=O)c1ccc(CCC(O)O)cc1. The molecule has 0 bridgehead atoms. The zero-order chi connectivity index (χ0) is 12.0. The van der Waals surface area contributed by atoms with Crippen LogP contribution in [0.3, 0.4) is 0 Å². The van der Waals surface area contributed by atoms with Gasteiger partial charge in [0.1, 0.15) is 0 Å². The molecular weight excluding hydrogens is 208 g/mol. The van der Waals surface area contributed by atoms with Gasteiger partial charge in [-0.1, -0.05) is 12.1 Å². The number of carbonyl (C=O) groups excluding carboxylic acids is 1. The van der Waals surface area contributed by atoms with Gasteiger partial charge in [-0.25, -0.2) is 4.79 Å². The Balaban J connectivity index is 2.57. The highest BCUT2D eigenvalue weighted by molar-refractivity contribution is 5.89. The van der Waals surface area contributed by atoms with E-state index in [1.807, 2.05) is 0 Å². The average Bonchev–Trinajstić information content (AvgIpc) is 2.27. The lowest BCUT2D eigenvalue weighted by Crippen LogP contribution is -2.06. The molecule has 2 N–H and O–H groups in total. The third kappa shape index (κ3) is 4.00. The Morgan fingerprint density at radius 1 is 1.31 bits per heavy atom. The minimum absolute atomic E-state index is 0.290. The van der Waals surface area contributed by atoms with Gasteiger partial charge >= 0.3 is 5.97 Å². The molecule has 0 heterocycles. The van der Waals surface area contributed by atoms with Crippen molar-refractivity contribution in [2.24, 2.45) is 0 Å². The Labute approximate surface area is 94.5 Å². The number of carbonyl (C=O) groups is 1. The van der Waals surface area contributed by atoms with E-state index in [9.17, 15) is 4.79 Å². The van der Waals surface area contributed by atoms with Crippen LogP contribution in [-0.2, 0) is 11.2 Å². The molecule has 0 saturated heterocycles. The first-order chi connectivity index (χ1) is 7.63. The van der Waals surface area contributed by atoms with Gasteiger partial charge in [0.25, 0.3) is 0 Å². The van der Waals surface area contributed by atoms with Crippen molar-refractivity contribution in [3.8, 4) is 0 Å². The Morgan fingerprint density at radius 2 is 1.94 bits per heavy atom. The van der Waals surface area contributed by atoms with Crippen molar-refractivity contribution in [3.63, 3.8) is 0 Å². The zero-order valence-electron chi connectivity index (χ0n) is 9.22. The first-order valence-corrected chi connectivity index (χ1v) is 5.25. The van der Waals surface area contributed by atoms with E-state index in [1.54, 1.807) is 31.2 Å². The van der Waals surface area contributed by atoms with Crippen LogP contribution >= 0.6 is 0 Å².